The molecule has 8 heteroatoms. The fourth-order valence-corrected chi connectivity index (χ4v) is 3.49. The van der Waals surface area contributed by atoms with Crippen molar-refractivity contribution in [3.8, 4) is 0 Å². The lowest BCUT2D eigenvalue weighted by Crippen LogP contribution is -2.28. The van der Waals surface area contributed by atoms with E-state index in [-0.39, 0.29) is 4.90 Å². The van der Waals surface area contributed by atoms with Crippen LogP contribution in [0.3, 0.4) is 0 Å². The number of nitrogen functional groups attached to an aromatic ring is 1. The SMILES string of the molecule is CN(C)CCCNc1ccc(N)cc1S(=O)(=O)NCCCN(C)C. The molecule has 0 atom stereocenters. The van der Waals surface area contributed by atoms with Gasteiger partial charge in [0, 0.05) is 18.8 Å². The lowest BCUT2D eigenvalue weighted by molar-refractivity contribution is 0.400. The Labute approximate surface area is 146 Å². The molecule has 0 saturated carbocycles. The zero-order chi connectivity index (χ0) is 18.2. The van der Waals surface area contributed by atoms with Crippen molar-refractivity contribution >= 4 is 21.4 Å². The van der Waals surface area contributed by atoms with E-state index >= 15 is 0 Å². The molecule has 0 radical (unpaired) electrons. The van der Waals surface area contributed by atoms with E-state index in [1.54, 1.807) is 12.1 Å². The van der Waals surface area contributed by atoms with Gasteiger partial charge in [-0.25, -0.2) is 13.1 Å². The molecule has 4 N–H and O–H groups in total. The van der Waals surface area contributed by atoms with E-state index in [1.807, 2.05) is 33.1 Å². The van der Waals surface area contributed by atoms with Gasteiger partial charge in [0.1, 0.15) is 4.90 Å². The molecule has 1 rings (SSSR count). The van der Waals surface area contributed by atoms with Gasteiger partial charge in [-0.3, -0.25) is 0 Å². The Bertz CT molecular complexity index is 602. The predicted molar refractivity (Wildman–Crippen MR) is 101 cm³/mol. The molecule has 0 amide bonds. The summed E-state index contributed by atoms with van der Waals surface area (Å²) in [7, 11) is 4.36. The molecule has 0 saturated heterocycles. The van der Waals surface area contributed by atoms with Crippen LogP contribution < -0.4 is 15.8 Å². The summed E-state index contributed by atoms with van der Waals surface area (Å²) < 4.78 is 27.8. The minimum absolute atomic E-state index is 0.206. The van der Waals surface area contributed by atoms with Gasteiger partial charge >= 0.3 is 0 Å². The first kappa shape index (κ1) is 20.7. The van der Waals surface area contributed by atoms with Crippen molar-refractivity contribution in [3.63, 3.8) is 0 Å². The molecule has 1 aromatic rings. The minimum Gasteiger partial charge on any atom is -0.399 e. The van der Waals surface area contributed by atoms with Crippen molar-refractivity contribution in [2.45, 2.75) is 17.7 Å². The molecule has 1 aromatic carbocycles. The predicted octanol–water partition coefficient (Wildman–Crippen LogP) is 0.862. The Morgan fingerprint density at radius 1 is 1.00 bits per heavy atom. The minimum atomic E-state index is -3.59. The van der Waals surface area contributed by atoms with Crippen molar-refractivity contribution in [2.24, 2.45) is 0 Å². The monoisotopic (exact) mass is 357 g/mol. The number of nitrogens with one attached hydrogen (secondary N) is 2. The van der Waals surface area contributed by atoms with E-state index in [0.717, 1.165) is 25.9 Å². The number of hydrogen-bond donors (Lipinski definition) is 3. The molecular weight excluding hydrogens is 326 g/mol. The number of hydrogen-bond acceptors (Lipinski definition) is 6. The molecule has 0 aliphatic carbocycles. The summed E-state index contributed by atoms with van der Waals surface area (Å²) in [5.41, 5.74) is 6.80. The fourth-order valence-electron chi connectivity index (χ4n) is 2.21. The first-order chi connectivity index (χ1) is 11.2. The highest BCUT2D eigenvalue weighted by molar-refractivity contribution is 7.89. The highest BCUT2D eigenvalue weighted by atomic mass is 32.2. The van der Waals surface area contributed by atoms with Gasteiger partial charge in [0.25, 0.3) is 0 Å². The van der Waals surface area contributed by atoms with Crippen LogP contribution in [0.15, 0.2) is 23.1 Å². The zero-order valence-corrected chi connectivity index (χ0v) is 16.0. The second-order valence-electron chi connectivity index (χ2n) is 6.39. The van der Waals surface area contributed by atoms with E-state index in [1.165, 1.54) is 6.07 Å². The number of anilines is 2. The number of sulfonamides is 1. The van der Waals surface area contributed by atoms with Gasteiger partial charge in [-0.15, -0.1) is 0 Å². The van der Waals surface area contributed by atoms with Crippen LogP contribution in [0.25, 0.3) is 0 Å². The third-order valence-electron chi connectivity index (χ3n) is 3.47. The Balaban J connectivity index is 2.74. The van der Waals surface area contributed by atoms with Crippen LogP contribution in [0, 0.1) is 0 Å². The van der Waals surface area contributed by atoms with E-state index in [0.29, 0.717) is 24.5 Å². The second kappa shape index (κ2) is 9.83. The summed E-state index contributed by atoms with van der Waals surface area (Å²) in [6.07, 6.45) is 1.67. The van der Waals surface area contributed by atoms with Crippen molar-refractivity contribution in [3.05, 3.63) is 18.2 Å². The van der Waals surface area contributed by atoms with E-state index in [2.05, 4.69) is 14.9 Å². The van der Waals surface area contributed by atoms with Crippen molar-refractivity contribution < 1.29 is 8.42 Å². The van der Waals surface area contributed by atoms with Crippen LogP contribution in [0.4, 0.5) is 11.4 Å². The second-order valence-corrected chi connectivity index (χ2v) is 8.13. The molecule has 0 heterocycles. The van der Waals surface area contributed by atoms with E-state index in [4.69, 9.17) is 5.73 Å². The van der Waals surface area contributed by atoms with Gasteiger partial charge in [0.15, 0.2) is 0 Å². The molecule has 0 aromatic heterocycles. The molecule has 0 unspecified atom stereocenters. The third-order valence-corrected chi connectivity index (χ3v) is 4.97. The summed E-state index contributed by atoms with van der Waals surface area (Å²) in [6.45, 7) is 2.86. The summed E-state index contributed by atoms with van der Waals surface area (Å²) >= 11 is 0. The lowest BCUT2D eigenvalue weighted by atomic mass is 10.2. The van der Waals surface area contributed by atoms with Crippen LogP contribution >= 0.6 is 0 Å². The fraction of sp³-hybridized carbons (Fsp3) is 0.625. The standard InChI is InChI=1S/C16H31N5O2S/c1-20(2)11-5-9-18-15-8-7-14(17)13-16(15)24(22,23)19-10-6-12-21(3)4/h7-8,13,18-19H,5-6,9-12,17H2,1-4H3. The van der Waals surface area contributed by atoms with Crippen LogP contribution in [-0.2, 0) is 10.0 Å². The molecule has 0 spiro atoms. The van der Waals surface area contributed by atoms with Crippen LogP contribution in [0.1, 0.15) is 12.8 Å². The Kier molecular flexibility index (Phi) is 8.47. The third kappa shape index (κ3) is 7.48. The maximum atomic E-state index is 12.6. The quantitative estimate of drug-likeness (QED) is 0.402. The van der Waals surface area contributed by atoms with Gasteiger partial charge in [-0.1, -0.05) is 0 Å². The normalized spacial score (nSPS) is 12.1. The average molecular weight is 358 g/mol. The smallest absolute Gasteiger partial charge is 0.242 e. The molecule has 7 nitrogen and oxygen atoms in total. The summed E-state index contributed by atoms with van der Waals surface area (Å²) in [5.74, 6) is 0. The topological polar surface area (TPSA) is 90.7 Å². The number of benzene rings is 1. The summed E-state index contributed by atoms with van der Waals surface area (Å²) in [6, 6.07) is 4.93. The van der Waals surface area contributed by atoms with Crippen molar-refractivity contribution in [2.75, 3.05) is 65.4 Å². The van der Waals surface area contributed by atoms with Crippen molar-refractivity contribution in [1.82, 2.24) is 14.5 Å². The average Bonchev–Trinajstić information content (AvgIpc) is 2.49. The number of nitrogens with zero attached hydrogens (tertiary/aromatic N) is 2. The number of rotatable bonds is 11. The molecule has 0 aliphatic heterocycles. The summed E-state index contributed by atoms with van der Waals surface area (Å²) in [4.78, 5) is 4.32. The zero-order valence-electron chi connectivity index (χ0n) is 15.2. The van der Waals surface area contributed by atoms with Crippen LogP contribution in [0.2, 0.25) is 0 Å². The largest absolute Gasteiger partial charge is 0.399 e. The van der Waals surface area contributed by atoms with E-state index in [9.17, 15) is 8.42 Å². The Morgan fingerprint density at radius 3 is 2.17 bits per heavy atom. The van der Waals surface area contributed by atoms with Gasteiger partial charge in [0.05, 0.1) is 5.69 Å². The molecule has 24 heavy (non-hydrogen) atoms. The maximum absolute atomic E-state index is 12.6. The van der Waals surface area contributed by atoms with Crippen molar-refractivity contribution in [1.29, 1.82) is 0 Å². The van der Waals surface area contributed by atoms with Gasteiger partial charge in [0.2, 0.25) is 10.0 Å². The van der Waals surface area contributed by atoms with Crippen LogP contribution in [0.5, 0.6) is 0 Å². The molecular formula is C16H31N5O2S. The highest BCUT2D eigenvalue weighted by Crippen LogP contribution is 2.23. The van der Waals surface area contributed by atoms with Crippen LogP contribution in [-0.4, -0.2) is 72.6 Å². The molecule has 0 bridgehead atoms. The maximum Gasteiger partial charge on any atom is 0.242 e. The van der Waals surface area contributed by atoms with Gasteiger partial charge < -0.3 is 20.9 Å². The first-order valence-corrected chi connectivity index (χ1v) is 9.63. The molecule has 0 aliphatic rings. The van der Waals surface area contributed by atoms with Gasteiger partial charge in [-0.2, -0.15) is 0 Å². The van der Waals surface area contributed by atoms with Gasteiger partial charge in [-0.05, 0) is 72.3 Å². The highest BCUT2D eigenvalue weighted by Gasteiger charge is 2.18. The lowest BCUT2D eigenvalue weighted by Gasteiger charge is -2.15. The first-order valence-electron chi connectivity index (χ1n) is 8.15. The van der Waals surface area contributed by atoms with E-state index < -0.39 is 10.0 Å². The summed E-state index contributed by atoms with van der Waals surface area (Å²) in [5, 5.41) is 3.20. The molecule has 138 valence electrons. The number of nitrogens with two attached hydrogens (primary N) is 1. The molecule has 0 fully saturated rings. The Hall–Kier alpha value is -1.35. The Morgan fingerprint density at radius 2 is 1.58 bits per heavy atom.